The van der Waals surface area contributed by atoms with E-state index >= 15 is 0 Å². The van der Waals surface area contributed by atoms with Gasteiger partial charge in [-0.2, -0.15) is 0 Å². The quantitative estimate of drug-likeness (QED) is 0.839. The standard InChI is InChI=1S/C14H21ClFN/c1-10(17-4)8-14(2,3)9-11-12(15)6-5-7-13(11)16/h5-7,10,17H,8-9H2,1-4H3. The highest BCUT2D eigenvalue weighted by Gasteiger charge is 2.23. The molecule has 0 aliphatic heterocycles. The number of halogens is 2. The zero-order valence-electron chi connectivity index (χ0n) is 11.0. The molecule has 0 aliphatic carbocycles. The predicted octanol–water partition coefficient (Wildman–Crippen LogP) is 4.05. The Morgan fingerprint density at radius 3 is 2.59 bits per heavy atom. The molecule has 1 aromatic rings. The second-order valence-corrected chi connectivity index (χ2v) is 5.84. The van der Waals surface area contributed by atoms with Crippen LogP contribution in [0.25, 0.3) is 0 Å². The van der Waals surface area contributed by atoms with E-state index in [1.807, 2.05) is 7.05 Å². The van der Waals surface area contributed by atoms with Gasteiger partial charge in [-0.05, 0) is 44.4 Å². The molecule has 17 heavy (non-hydrogen) atoms. The summed E-state index contributed by atoms with van der Waals surface area (Å²) in [5.74, 6) is -0.206. The van der Waals surface area contributed by atoms with Gasteiger partial charge in [0, 0.05) is 16.6 Å². The van der Waals surface area contributed by atoms with Crippen molar-refractivity contribution in [2.45, 2.75) is 39.7 Å². The summed E-state index contributed by atoms with van der Waals surface area (Å²) in [4.78, 5) is 0. The molecule has 1 rings (SSSR count). The van der Waals surface area contributed by atoms with Gasteiger partial charge in [0.15, 0.2) is 0 Å². The fourth-order valence-electron chi connectivity index (χ4n) is 2.18. The SMILES string of the molecule is CNC(C)CC(C)(C)Cc1c(F)cccc1Cl. The zero-order valence-corrected chi connectivity index (χ0v) is 11.7. The third kappa shape index (κ3) is 4.29. The predicted molar refractivity (Wildman–Crippen MR) is 72.0 cm³/mol. The summed E-state index contributed by atoms with van der Waals surface area (Å²) < 4.78 is 13.7. The summed E-state index contributed by atoms with van der Waals surface area (Å²) in [6.07, 6.45) is 1.64. The number of rotatable bonds is 5. The van der Waals surface area contributed by atoms with E-state index in [1.165, 1.54) is 6.07 Å². The molecule has 0 radical (unpaired) electrons. The molecule has 1 atom stereocenters. The van der Waals surface area contributed by atoms with E-state index in [0.29, 0.717) is 23.0 Å². The maximum Gasteiger partial charge on any atom is 0.127 e. The van der Waals surface area contributed by atoms with Gasteiger partial charge < -0.3 is 5.32 Å². The van der Waals surface area contributed by atoms with Crippen LogP contribution < -0.4 is 5.32 Å². The molecule has 0 aromatic heterocycles. The smallest absolute Gasteiger partial charge is 0.127 e. The van der Waals surface area contributed by atoms with E-state index in [9.17, 15) is 4.39 Å². The highest BCUT2D eigenvalue weighted by molar-refractivity contribution is 6.31. The lowest BCUT2D eigenvalue weighted by atomic mass is 9.80. The highest BCUT2D eigenvalue weighted by atomic mass is 35.5. The average Bonchev–Trinajstić information content (AvgIpc) is 2.23. The molecule has 0 aliphatic rings. The van der Waals surface area contributed by atoms with Crippen molar-refractivity contribution in [3.05, 3.63) is 34.6 Å². The molecule has 0 saturated heterocycles. The lowest BCUT2D eigenvalue weighted by Crippen LogP contribution is -2.29. The number of hydrogen-bond acceptors (Lipinski definition) is 1. The Hall–Kier alpha value is -0.600. The molecule has 0 bridgehead atoms. The molecule has 1 N–H and O–H groups in total. The van der Waals surface area contributed by atoms with Crippen molar-refractivity contribution in [2.24, 2.45) is 5.41 Å². The number of hydrogen-bond donors (Lipinski definition) is 1. The van der Waals surface area contributed by atoms with Gasteiger partial charge in [0.1, 0.15) is 5.82 Å². The second kappa shape index (κ2) is 5.83. The fourth-order valence-corrected chi connectivity index (χ4v) is 2.41. The van der Waals surface area contributed by atoms with Crippen LogP contribution in [-0.2, 0) is 6.42 Å². The summed E-state index contributed by atoms with van der Waals surface area (Å²) in [5.41, 5.74) is 0.649. The van der Waals surface area contributed by atoms with E-state index in [2.05, 4.69) is 26.1 Å². The summed E-state index contributed by atoms with van der Waals surface area (Å²) in [6.45, 7) is 6.41. The normalized spacial score (nSPS) is 13.8. The van der Waals surface area contributed by atoms with Gasteiger partial charge in [-0.15, -0.1) is 0 Å². The Labute approximate surface area is 108 Å². The number of nitrogens with one attached hydrogen (secondary N) is 1. The van der Waals surface area contributed by atoms with Crippen molar-refractivity contribution in [1.82, 2.24) is 5.32 Å². The van der Waals surface area contributed by atoms with Crippen LogP contribution >= 0.6 is 11.6 Å². The molecule has 96 valence electrons. The average molecular weight is 258 g/mol. The van der Waals surface area contributed by atoms with Gasteiger partial charge >= 0.3 is 0 Å². The van der Waals surface area contributed by atoms with Crippen LogP contribution in [0.15, 0.2) is 18.2 Å². The van der Waals surface area contributed by atoms with Crippen molar-refractivity contribution in [3.8, 4) is 0 Å². The first-order valence-corrected chi connectivity index (χ1v) is 6.33. The summed E-state index contributed by atoms with van der Waals surface area (Å²) in [7, 11) is 1.94. The Morgan fingerprint density at radius 2 is 2.06 bits per heavy atom. The molecular weight excluding hydrogens is 237 g/mol. The van der Waals surface area contributed by atoms with E-state index in [-0.39, 0.29) is 11.2 Å². The molecular formula is C14H21ClFN. The third-order valence-electron chi connectivity index (χ3n) is 3.07. The van der Waals surface area contributed by atoms with Crippen molar-refractivity contribution in [1.29, 1.82) is 0 Å². The van der Waals surface area contributed by atoms with E-state index in [1.54, 1.807) is 12.1 Å². The molecule has 1 nitrogen and oxygen atoms in total. The van der Waals surface area contributed by atoms with Gasteiger partial charge in [0.05, 0.1) is 0 Å². The summed E-state index contributed by atoms with van der Waals surface area (Å²) in [5, 5.41) is 3.73. The van der Waals surface area contributed by atoms with Crippen LogP contribution in [0.2, 0.25) is 5.02 Å². The van der Waals surface area contributed by atoms with Crippen LogP contribution in [-0.4, -0.2) is 13.1 Å². The fraction of sp³-hybridized carbons (Fsp3) is 0.571. The minimum Gasteiger partial charge on any atom is -0.317 e. The lowest BCUT2D eigenvalue weighted by Gasteiger charge is -2.28. The van der Waals surface area contributed by atoms with E-state index < -0.39 is 0 Å². The van der Waals surface area contributed by atoms with E-state index in [4.69, 9.17) is 11.6 Å². The van der Waals surface area contributed by atoms with Crippen molar-refractivity contribution >= 4 is 11.6 Å². The molecule has 0 heterocycles. The molecule has 0 amide bonds. The first-order valence-electron chi connectivity index (χ1n) is 5.96. The molecule has 1 unspecified atom stereocenters. The second-order valence-electron chi connectivity index (χ2n) is 5.44. The van der Waals surface area contributed by atoms with Crippen molar-refractivity contribution in [3.63, 3.8) is 0 Å². The topological polar surface area (TPSA) is 12.0 Å². The summed E-state index contributed by atoms with van der Waals surface area (Å²) in [6, 6.07) is 5.27. The van der Waals surface area contributed by atoms with E-state index in [0.717, 1.165) is 6.42 Å². The zero-order chi connectivity index (χ0) is 13.1. The Bertz CT molecular complexity index is 356. The molecule has 3 heteroatoms. The van der Waals surface area contributed by atoms with Gasteiger partial charge in [-0.25, -0.2) is 4.39 Å². The van der Waals surface area contributed by atoms with Gasteiger partial charge in [-0.1, -0.05) is 31.5 Å². The Balaban J connectivity index is 2.82. The van der Waals surface area contributed by atoms with Crippen LogP contribution in [0.5, 0.6) is 0 Å². The molecule has 0 fully saturated rings. The maximum absolute atomic E-state index is 13.7. The molecule has 1 aromatic carbocycles. The molecule has 0 saturated carbocycles. The minimum absolute atomic E-state index is 0.0221. The Morgan fingerprint density at radius 1 is 1.41 bits per heavy atom. The molecule has 0 spiro atoms. The lowest BCUT2D eigenvalue weighted by molar-refractivity contribution is 0.290. The first-order chi connectivity index (χ1) is 7.85. The Kier molecular flexibility index (Phi) is 4.96. The monoisotopic (exact) mass is 257 g/mol. The maximum atomic E-state index is 13.7. The van der Waals surface area contributed by atoms with Gasteiger partial charge in [0.25, 0.3) is 0 Å². The van der Waals surface area contributed by atoms with Gasteiger partial charge in [0.2, 0.25) is 0 Å². The third-order valence-corrected chi connectivity index (χ3v) is 3.42. The van der Waals surface area contributed by atoms with Crippen LogP contribution in [0.3, 0.4) is 0 Å². The number of benzene rings is 1. The van der Waals surface area contributed by atoms with Gasteiger partial charge in [-0.3, -0.25) is 0 Å². The van der Waals surface area contributed by atoms with Crippen LogP contribution in [0.1, 0.15) is 32.8 Å². The summed E-state index contributed by atoms with van der Waals surface area (Å²) >= 11 is 6.05. The van der Waals surface area contributed by atoms with Crippen LogP contribution in [0, 0.1) is 11.2 Å². The van der Waals surface area contributed by atoms with Crippen molar-refractivity contribution < 1.29 is 4.39 Å². The van der Waals surface area contributed by atoms with Crippen LogP contribution in [0.4, 0.5) is 4.39 Å². The highest BCUT2D eigenvalue weighted by Crippen LogP contribution is 2.31. The first kappa shape index (κ1) is 14.5. The largest absolute Gasteiger partial charge is 0.317 e. The van der Waals surface area contributed by atoms with Crippen molar-refractivity contribution in [2.75, 3.05) is 7.05 Å². The minimum atomic E-state index is -0.206.